The summed E-state index contributed by atoms with van der Waals surface area (Å²) in [6, 6.07) is 1.69. The van der Waals surface area contributed by atoms with Crippen molar-refractivity contribution >= 4 is 11.6 Å². The molecule has 0 saturated heterocycles. The van der Waals surface area contributed by atoms with Crippen LogP contribution < -0.4 is 11.3 Å². The average Bonchev–Trinajstić information content (AvgIpc) is 2.38. The molecule has 1 heterocycles. The van der Waals surface area contributed by atoms with E-state index in [0.717, 1.165) is 25.8 Å². The van der Waals surface area contributed by atoms with Crippen molar-refractivity contribution in [3.05, 3.63) is 24.0 Å². The molecule has 0 aliphatic heterocycles. The Labute approximate surface area is 102 Å². The lowest BCUT2D eigenvalue weighted by molar-refractivity contribution is 0.0793. The molecule has 94 valence electrons. The number of pyridine rings is 1. The summed E-state index contributed by atoms with van der Waals surface area (Å²) in [5.74, 6) is 5.31. The van der Waals surface area contributed by atoms with Gasteiger partial charge < -0.3 is 10.3 Å². The van der Waals surface area contributed by atoms with Gasteiger partial charge in [0.25, 0.3) is 5.91 Å². The van der Waals surface area contributed by atoms with Crippen molar-refractivity contribution in [2.45, 2.75) is 26.2 Å². The highest BCUT2D eigenvalue weighted by atomic mass is 16.2. The number of aromatic nitrogens is 1. The van der Waals surface area contributed by atoms with E-state index in [1.165, 1.54) is 6.20 Å². The summed E-state index contributed by atoms with van der Waals surface area (Å²) in [5.41, 5.74) is 3.62. The summed E-state index contributed by atoms with van der Waals surface area (Å²) in [5, 5.41) is 0. The molecule has 0 bridgehead atoms. The Morgan fingerprint density at radius 2 is 2.29 bits per heavy atom. The summed E-state index contributed by atoms with van der Waals surface area (Å²) >= 11 is 0. The number of nitrogen functional groups attached to an aromatic ring is 1. The molecule has 1 aromatic heterocycles. The molecule has 0 aliphatic rings. The topological polar surface area (TPSA) is 71.2 Å². The quantitative estimate of drug-likeness (QED) is 0.447. The Morgan fingerprint density at radius 3 is 2.94 bits per heavy atom. The number of unbranched alkanes of at least 4 members (excludes halogenated alkanes) is 2. The number of hydrazine groups is 1. The third-order valence-corrected chi connectivity index (χ3v) is 2.65. The van der Waals surface area contributed by atoms with Gasteiger partial charge in [-0.2, -0.15) is 0 Å². The summed E-state index contributed by atoms with van der Waals surface area (Å²) in [4.78, 5) is 17.8. The molecule has 0 fully saturated rings. The fraction of sp³-hybridized carbons (Fsp3) is 0.500. The van der Waals surface area contributed by atoms with Crippen LogP contribution in [0.5, 0.6) is 0 Å². The average molecular weight is 236 g/mol. The number of nitrogens with zero attached hydrogens (tertiary/aromatic N) is 2. The number of anilines is 1. The zero-order valence-electron chi connectivity index (χ0n) is 10.4. The highest BCUT2D eigenvalue weighted by Crippen LogP contribution is 2.14. The van der Waals surface area contributed by atoms with E-state index in [4.69, 9.17) is 5.84 Å². The molecule has 1 rings (SSSR count). The number of amides is 1. The molecule has 0 atom stereocenters. The molecule has 0 radical (unpaired) electrons. The smallest absolute Gasteiger partial charge is 0.257 e. The van der Waals surface area contributed by atoms with Gasteiger partial charge in [0.15, 0.2) is 0 Å². The third kappa shape index (κ3) is 3.71. The molecule has 3 N–H and O–H groups in total. The van der Waals surface area contributed by atoms with Gasteiger partial charge in [0.1, 0.15) is 0 Å². The van der Waals surface area contributed by atoms with Crippen LogP contribution in [0.25, 0.3) is 0 Å². The number of rotatable bonds is 6. The van der Waals surface area contributed by atoms with Gasteiger partial charge in [-0.1, -0.05) is 19.8 Å². The van der Waals surface area contributed by atoms with Crippen molar-refractivity contribution in [1.29, 1.82) is 0 Å². The molecule has 0 aromatic carbocycles. The molecule has 0 spiro atoms. The molecule has 0 saturated carbocycles. The van der Waals surface area contributed by atoms with Crippen LogP contribution >= 0.6 is 0 Å². The number of hydrogen-bond acceptors (Lipinski definition) is 4. The predicted molar refractivity (Wildman–Crippen MR) is 68.5 cm³/mol. The fourth-order valence-electron chi connectivity index (χ4n) is 1.60. The minimum absolute atomic E-state index is 0.0536. The molecular formula is C12H20N4O. The van der Waals surface area contributed by atoms with Gasteiger partial charge in [-0.15, -0.1) is 0 Å². The maximum atomic E-state index is 12.1. The first-order valence-corrected chi connectivity index (χ1v) is 5.86. The Kier molecular flexibility index (Phi) is 5.42. The molecule has 5 heteroatoms. The normalized spacial score (nSPS) is 10.1. The third-order valence-electron chi connectivity index (χ3n) is 2.65. The van der Waals surface area contributed by atoms with E-state index in [1.807, 2.05) is 0 Å². The molecule has 17 heavy (non-hydrogen) atoms. The van der Waals surface area contributed by atoms with E-state index in [1.54, 1.807) is 24.2 Å². The van der Waals surface area contributed by atoms with Crippen molar-refractivity contribution < 1.29 is 4.79 Å². The molecular weight excluding hydrogens is 216 g/mol. The maximum Gasteiger partial charge on any atom is 0.257 e. The minimum atomic E-state index is -0.0536. The van der Waals surface area contributed by atoms with E-state index >= 15 is 0 Å². The summed E-state index contributed by atoms with van der Waals surface area (Å²) < 4.78 is 0. The lowest BCUT2D eigenvalue weighted by Gasteiger charge is -2.18. The summed E-state index contributed by atoms with van der Waals surface area (Å²) in [7, 11) is 1.80. The van der Waals surface area contributed by atoms with Crippen LogP contribution in [0.1, 0.15) is 36.5 Å². The minimum Gasteiger partial charge on any atom is -0.342 e. The van der Waals surface area contributed by atoms with Crippen LogP contribution in [0, 0.1) is 0 Å². The number of nitrogens with two attached hydrogens (primary N) is 1. The van der Waals surface area contributed by atoms with Crippen LogP contribution in [0.2, 0.25) is 0 Å². The second kappa shape index (κ2) is 6.85. The van der Waals surface area contributed by atoms with Gasteiger partial charge >= 0.3 is 0 Å². The van der Waals surface area contributed by atoms with Crippen LogP contribution in [-0.2, 0) is 0 Å². The number of nitrogens with one attached hydrogen (secondary N) is 1. The number of hydrogen-bond donors (Lipinski definition) is 2. The van der Waals surface area contributed by atoms with Crippen molar-refractivity contribution in [3.63, 3.8) is 0 Å². The lowest BCUT2D eigenvalue weighted by Crippen LogP contribution is -2.29. The first-order chi connectivity index (χ1) is 8.20. The van der Waals surface area contributed by atoms with Crippen molar-refractivity contribution in [2.75, 3.05) is 19.0 Å². The first kappa shape index (κ1) is 13.4. The SMILES string of the molecule is CCCCCN(C)C(=O)c1cnccc1NN. The molecule has 1 aromatic rings. The Hall–Kier alpha value is -1.62. The van der Waals surface area contributed by atoms with E-state index in [0.29, 0.717) is 11.3 Å². The fourth-order valence-corrected chi connectivity index (χ4v) is 1.60. The van der Waals surface area contributed by atoms with Crippen molar-refractivity contribution in [3.8, 4) is 0 Å². The highest BCUT2D eigenvalue weighted by Gasteiger charge is 2.14. The van der Waals surface area contributed by atoms with Crippen LogP contribution in [-0.4, -0.2) is 29.4 Å². The lowest BCUT2D eigenvalue weighted by atomic mass is 10.2. The molecule has 5 nitrogen and oxygen atoms in total. The van der Waals surface area contributed by atoms with Gasteiger partial charge in [0.05, 0.1) is 11.3 Å². The number of carbonyl (C=O) groups excluding carboxylic acids is 1. The van der Waals surface area contributed by atoms with Crippen LogP contribution in [0.3, 0.4) is 0 Å². The van der Waals surface area contributed by atoms with E-state index in [-0.39, 0.29) is 5.91 Å². The van der Waals surface area contributed by atoms with E-state index in [2.05, 4.69) is 17.3 Å². The molecule has 0 aliphatic carbocycles. The molecule has 0 unspecified atom stereocenters. The Morgan fingerprint density at radius 1 is 1.53 bits per heavy atom. The maximum absolute atomic E-state index is 12.1. The second-order valence-electron chi connectivity index (χ2n) is 4.00. The van der Waals surface area contributed by atoms with Crippen LogP contribution in [0.15, 0.2) is 18.5 Å². The van der Waals surface area contributed by atoms with E-state index in [9.17, 15) is 4.79 Å². The largest absolute Gasteiger partial charge is 0.342 e. The summed E-state index contributed by atoms with van der Waals surface area (Å²) in [6.07, 6.45) is 6.43. The van der Waals surface area contributed by atoms with Crippen molar-refractivity contribution in [2.24, 2.45) is 5.84 Å². The van der Waals surface area contributed by atoms with Gasteiger partial charge in [-0.25, -0.2) is 0 Å². The monoisotopic (exact) mass is 236 g/mol. The van der Waals surface area contributed by atoms with Gasteiger partial charge in [0, 0.05) is 26.0 Å². The Bertz CT molecular complexity index is 367. The first-order valence-electron chi connectivity index (χ1n) is 5.86. The Balaban J connectivity index is 2.67. The highest BCUT2D eigenvalue weighted by molar-refractivity contribution is 5.99. The zero-order chi connectivity index (χ0) is 12.7. The summed E-state index contributed by atoms with van der Waals surface area (Å²) in [6.45, 7) is 2.89. The van der Waals surface area contributed by atoms with Crippen molar-refractivity contribution in [1.82, 2.24) is 9.88 Å². The van der Waals surface area contributed by atoms with Gasteiger partial charge in [0.2, 0.25) is 0 Å². The van der Waals surface area contributed by atoms with Gasteiger partial charge in [-0.05, 0) is 12.5 Å². The van der Waals surface area contributed by atoms with Gasteiger partial charge in [-0.3, -0.25) is 15.6 Å². The standard InChI is InChI=1S/C12H20N4O/c1-3-4-5-8-16(2)12(17)10-9-14-7-6-11(10)15-13/h6-7,9H,3-5,8,13H2,1-2H3,(H,14,15). The van der Waals surface area contributed by atoms with Crippen LogP contribution in [0.4, 0.5) is 5.69 Å². The molecule has 1 amide bonds. The predicted octanol–water partition coefficient (Wildman–Crippen LogP) is 1.63. The van der Waals surface area contributed by atoms with E-state index < -0.39 is 0 Å². The zero-order valence-corrected chi connectivity index (χ0v) is 10.4. The second-order valence-corrected chi connectivity index (χ2v) is 4.00. The number of carbonyl (C=O) groups is 1.